The number of hydrogen-bond acceptors (Lipinski definition) is 8. The zero-order valence-corrected chi connectivity index (χ0v) is 18.5. The van der Waals surface area contributed by atoms with Gasteiger partial charge in [0.2, 0.25) is 15.9 Å². The van der Waals surface area contributed by atoms with Crippen molar-refractivity contribution < 1.29 is 22.7 Å². The molecule has 164 valence electrons. The molecule has 0 radical (unpaired) electrons. The van der Waals surface area contributed by atoms with E-state index < -0.39 is 10.0 Å². The van der Waals surface area contributed by atoms with Gasteiger partial charge < -0.3 is 14.8 Å². The summed E-state index contributed by atoms with van der Waals surface area (Å²) in [6, 6.07) is 6.58. The lowest BCUT2D eigenvalue weighted by Crippen LogP contribution is -2.40. The lowest BCUT2D eigenvalue weighted by atomic mass is 10.2. The summed E-state index contributed by atoms with van der Waals surface area (Å²) < 4.78 is 39.3. The van der Waals surface area contributed by atoms with Crippen LogP contribution in [-0.4, -0.2) is 86.2 Å². The van der Waals surface area contributed by atoms with Gasteiger partial charge in [0, 0.05) is 32.8 Å². The van der Waals surface area contributed by atoms with E-state index in [-0.39, 0.29) is 16.6 Å². The van der Waals surface area contributed by atoms with Crippen LogP contribution in [0.1, 0.15) is 0 Å². The third-order valence-corrected chi connectivity index (χ3v) is 7.45. The van der Waals surface area contributed by atoms with Gasteiger partial charge in [0.1, 0.15) is 0 Å². The SMILES string of the molecule is CNC(=O)CSc1nnc(-c2ccc(S(=O)(=O)N3CCOCC3)cc2)n1CCOC. The number of nitrogens with zero attached hydrogens (tertiary/aromatic N) is 4. The highest BCUT2D eigenvalue weighted by atomic mass is 32.2. The molecule has 2 aromatic rings. The molecular weight excluding hydrogens is 430 g/mol. The molecule has 1 saturated heterocycles. The molecule has 1 aromatic carbocycles. The van der Waals surface area contributed by atoms with Crippen LogP contribution in [0.4, 0.5) is 0 Å². The Morgan fingerprint density at radius 2 is 1.93 bits per heavy atom. The van der Waals surface area contributed by atoms with Gasteiger partial charge in [-0.15, -0.1) is 10.2 Å². The summed E-state index contributed by atoms with van der Waals surface area (Å²) in [5.41, 5.74) is 0.728. The van der Waals surface area contributed by atoms with Gasteiger partial charge in [0.15, 0.2) is 11.0 Å². The van der Waals surface area contributed by atoms with Gasteiger partial charge in [0.25, 0.3) is 0 Å². The molecule has 1 N–H and O–H groups in total. The molecule has 0 spiro atoms. The lowest BCUT2D eigenvalue weighted by molar-refractivity contribution is -0.118. The fourth-order valence-electron chi connectivity index (χ4n) is 2.91. The van der Waals surface area contributed by atoms with Crippen LogP contribution in [0.5, 0.6) is 0 Å². The van der Waals surface area contributed by atoms with Gasteiger partial charge in [-0.3, -0.25) is 9.36 Å². The Labute approximate surface area is 180 Å². The molecule has 1 aliphatic heterocycles. The Morgan fingerprint density at radius 3 is 2.57 bits per heavy atom. The van der Waals surface area contributed by atoms with Crippen molar-refractivity contribution >= 4 is 27.7 Å². The second-order valence-corrected chi connectivity index (χ2v) is 9.33. The van der Waals surface area contributed by atoms with Crippen LogP contribution in [0.25, 0.3) is 11.4 Å². The van der Waals surface area contributed by atoms with E-state index in [1.165, 1.54) is 16.1 Å². The molecule has 2 heterocycles. The number of ether oxygens (including phenoxy) is 2. The Bertz CT molecular complexity index is 956. The molecule has 0 saturated carbocycles. The maximum absolute atomic E-state index is 12.8. The first-order chi connectivity index (χ1) is 14.5. The van der Waals surface area contributed by atoms with Gasteiger partial charge in [-0.1, -0.05) is 11.8 Å². The van der Waals surface area contributed by atoms with Crippen LogP contribution < -0.4 is 5.32 Å². The first-order valence-electron chi connectivity index (χ1n) is 9.41. The molecule has 3 rings (SSSR count). The second kappa shape index (κ2) is 10.4. The third-order valence-electron chi connectivity index (χ3n) is 4.57. The molecule has 1 fully saturated rings. The molecule has 1 aliphatic rings. The van der Waals surface area contributed by atoms with Crippen LogP contribution >= 0.6 is 11.8 Å². The Kier molecular flexibility index (Phi) is 7.83. The quantitative estimate of drug-likeness (QED) is 0.542. The maximum atomic E-state index is 12.8. The molecule has 1 aromatic heterocycles. The number of morpholine rings is 1. The largest absolute Gasteiger partial charge is 0.383 e. The zero-order valence-electron chi connectivity index (χ0n) is 16.9. The summed E-state index contributed by atoms with van der Waals surface area (Å²) >= 11 is 1.28. The van der Waals surface area contributed by atoms with Gasteiger partial charge in [-0.2, -0.15) is 4.31 Å². The van der Waals surface area contributed by atoms with Crippen molar-refractivity contribution in [3.8, 4) is 11.4 Å². The van der Waals surface area contributed by atoms with E-state index in [0.29, 0.717) is 50.4 Å². The highest BCUT2D eigenvalue weighted by molar-refractivity contribution is 7.99. The van der Waals surface area contributed by atoms with Gasteiger partial charge in [-0.25, -0.2) is 8.42 Å². The fraction of sp³-hybridized carbons (Fsp3) is 0.500. The molecule has 1 amide bonds. The summed E-state index contributed by atoms with van der Waals surface area (Å²) in [5, 5.41) is 11.6. The standard InChI is InChI=1S/C18H25N5O5S2/c1-19-16(24)13-29-18-21-20-17(23(18)9-10-27-2)14-3-5-15(6-4-14)30(25,26)22-7-11-28-12-8-22/h3-6H,7-13H2,1-2H3,(H,19,24). The van der Waals surface area contributed by atoms with Crippen LogP contribution in [0.2, 0.25) is 0 Å². The van der Waals surface area contributed by atoms with Crippen LogP contribution in [-0.2, 0) is 30.8 Å². The van der Waals surface area contributed by atoms with E-state index in [4.69, 9.17) is 9.47 Å². The molecular formula is C18H25N5O5S2. The summed E-state index contributed by atoms with van der Waals surface area (Å²) in [6.45, 7) is 2.44. The first-order valence-corrected chi connectivity index (χ1v) is 11.8. The summed E-state index contributed by atoms with van der Waals surface area (Å²) in [7, 11) is -0.376. The van der Waals surface area contributed by atoms with Gasteiger partial charge in [0.05, 0.1) is 37.0 Å². The highest BCUT2D eigenvalue weighted by Crippen LogP contribution is 2.26. The minimum Gasteiger partial charge on any atom is -0.383 e. The van der Waals surface area contributed by atoms with Crippen LogP contribution in [0.15, 0.2) is 34.3 Å². The predicted octanol–water partition coefficient (Wildman–Crippen LogP) is 0.451. The fourth-order valence-corrected chi connectivity index (χ4v) is 5.15. The minimum atomic E-state index is -3.56. The summed E-state index contributed by atoms with van der Waals surface area (Å²) in [4.78, 5) is 11.8. The normalized spacial score (nSPS) is 15.3. The van der Waals surface area contributed by atoms with E-state index in [2.05, 4.69) is 15.5 Å². The first kappa shape index (κ1) is 22.7. The number of benzene rings is 1. The average molecular weight is 456 g/mol. The number of nitrogens with one attached hydrogen (secondary N) is 1. The molecule has 10 nitrogen and oxygen atoms in total. The Balaban J connectivity index is 1.84. The van der Waals surface area contributed by atoms with Gasteiger partial charge in [-0.05, 0) is 24.3 Å². The predicted molar refractivity (Wildman–Crippen MR) is 112 cm³/mol. The molecule has 0 bridgehead atoms. The third kappa shape index (κ3) is 5.19. The molecule has 0 atom stereocenters. The van der Waals surface area contributed by atoms with E-state index in [0.717, 1.165) is 5.56 Å². The van der Waals surface area contributed by atoms with Crippen molar-refractivity contribution in [1.82, 2.24) is 24.4 Å². The van der Waals surface area contributed by atoms with Gasteiger partial charge >= 0.3 is 0 Å². The number of hydrogen-bond donors (Lipinski definition) is 1. The van der Waals surface area contributed by atoms with Crippen LogP contribution in [0.3, 0.4) is 0 Å². The van der Waals surface area contributed by atoms with Crippen LogP contribution in [0, 0.1) is 0 Å². The van der Waals surface area contributed by atoms with E-state index >= 15 is 0 Å². The molecule has 30 heavy (non-hydrogen) atoms. The summed E-state index contributed by atoms with van der Waals surface area (Å²) in [5.74, 6) is 0.695. The van der Waals surface area contributed by atoms with E-state index in [1.54, 1.807) is 38.4 Å². The number of carbonyl (C=O) groups excluding carboxylic acids is 1. The zero-order chi connectivity index (χ0) is 21.6. The number of carbonyl (C=O) groups is 1. The number of amides is 1. The number of aromatic nitrogens is 3. The number of rotatable bonds is 9. The van der Waals surface area contributed by atoms with Crippen molar-refractivity contribution in [2.45, 2.75) is 16.6 Å². The van der Waals surface area contributed by atoms with E-state index in [1.807, 2.05) is 4.57 Å². The van der Waals surface area contributed by atoms with Crippen molar-refractivity contribution in [3.63, 3.8) is 0 Å². The van der Waals surface area contributed by atoms with E-state index in [9.17, 15) is 13.2 Å². The lowest BCUT2D eigenvalue weighted by Gasteiger charge is -2.26. The number of sulfonamides is 1. The Hall–Kier alpha value is -1.99. The number of thioether (sulfide) groups is 1. The van der Waals surface area contributed by atoms with Crippen molar-refractivity contribution in [1.29, 1.82) is 0 Å². The topological polar surface area (TPSA) is 116 Å². The summed E-state index contributed by atoms with van der Waals surface area (Å²) in [6.07, 6.45) is 0. The number of methoxy groups -OCH3 is 1. The molecule has 0 unspecified atom stereocenters. The molecule has 12 heteroatoms. The smallest absolute Gasteiger partial charge is 0.243 e. The minimum absolute atomic E-state index is 0.111. The average Bonchev–Trinajstić information content (AvgIpc) is 3.19. The van der Waals surface area contributed by atoms with Crippen molar-refractivity contribution in [2.24, 2.45) is 0 Å². The van der Waals surface area contributed by atoms with Crippen molar-refractivity contribution in [2.75, 3.05) is 52.8 Å². The highest BCUT2D eigenvalue weighted by Gasteiger charge is 2.26. The maximum Gasteiger partial charge on any atom is 0.243 e. The monoisotopic (exact) mass is 455 g/mol. The van der Waals surface area contributed by atoms with Crippen molar-refractivity contribution in [3.05, 3.63) is 24.3 Å². The second-order valence-electron chi connectivity index (χ2n) is 6.45. The Morgan fingerprint density at radius 1 is 1.23 bits per heavy atom. The molecule has 0 aliphatic carbocycles.